The van der Waals surface area contributed by atoms with E-state index in [1.54, 1.807) is 11.6 Å². The summed E-state index contributed by atoms with van der Waals surface area (Å²) >= 11 is 1.25. The molecule has 0 spiro atoms. The highest BCUT2D eigenvalue weighted by molar-refractivity contribution is 7.15. The van der Waals surface area contributed by atoms with Crippen molar-refractivity contribution >= 4 is 22.3 Å². The number of aromatic nitrogens is 2. The van der Waals surface area contributed by atoms with Crippen LogP contribution in [0, 0.1) is 0 Å². The first-order chi connectivity index (χ1) is 12.5. The highest BCUT2D eigenvalue weighted by Gasteiger charge is 2.21. The van der Waals surface area contributed by atoms with Crippen LogP contribution in [0.25, 0.3) is 4.96 Å². The number of esters is 1. The molecule has 136 valence electrons. The van der Waals surface area contributed by atoms with Gasteiger partial charge in [-0.1, -0.05) is 6.07 Å². The first-order valence-electron chi connectivity index (χ1n) is 7.24. The summed E-state index contributed by atoms with van der Waals surface area (Å²) in [7, 11) is 1.26. The molecule has 0 saturated carbocycles. The van der Waals surface area contributed by atoms with Gasteiger partial charge in [0.1, 0.15) is 12.2 Å². The predicted molar refractivity (Wildman–Crippen MR) is 88.1 cm³/mol. The van der Waals surface area contributed by atoms with Gasteiger partial charge in [-0.25, -0.2) is 9.78 Å². The van der Waals surface area contributed by atoms with Gasteiger partial charge in [-0.15, -0.1) is 11.3 Å². The number of nitrogens with zero attached hydrogens (tertiary/aromatic N) is 2. The van der Waals surface area contributed by atoms with Crippen molar-refractivity contribution in [1.29, 1.82) is 0 Å². The monoisotopic (exact) mass is 382 g/mol. The summed E-state index contributed by atoms with van der Waals surface area (Å²) in [6.45, 7) is -3.44. The van der Waals surface area contributed by atoms with E-state index in [-0.39, 0.29) is 29.2 Å². The number of para-hydroxylation sites is 1. The smallest absolute Gasteiger partial charge is 0.387 e. The fourth-order valence-electron chi connectivity index (χ4n) is 2.23. The molecule has 2 heterocycles. The van der Waals surface area contributed by atoms with Gasteiger partial charge in [-0.05, 0) is 12.1 Å². The molecule has 1 aromatic carbocycles. The number of benzene rings is 1. The number of methoxy groups -OCH3 is 1. The van der Waals surface area contributed by atoms with Crippen LogP contribution in [0.1, 0.15) is 16.1 Å². The van der Waals surface area contributed by atoms with E-state index in [4.69, 9.17) is 9.47 Å². The summed E-state index contributed by atoms with van der Waals surface area (Å²) < 4.78 is 41.0. The van der Waals surface area contributed by atoms with Crippen molar-refractivity contribution < 1.29 is 27.8 Å². The molecular weight excluding hydrogens is 370 g/mol. The summed E-state index contributed by atoms with van der Waals surface area (Å²) in [6, 6.07) is 5.32. The lowest BCUT2D eigenvalue weighted by Crippen LogP contribution is -2.15. The topological polar surface area (TPSA) is 79.1 Å². The van der Waals surface area contributed by atoms with Crippen LogP contribution in [0.3, 0.4) is 0 Å². The quantitative estimate of drug-likeness (QED) is 0.610. The molecule has 10 heteroatoms. The van der Waals surface area contributed by atoms with Crippen LogP contribution in [0.5, 0.6) is 11.5 Å². The Bertz CT molecular complexity index is 1000. The number of ether oxygens (including phenoxy) is 3. The van der Waals surface area contributed by atoms with Crippen molar-refractivity contribution in [2.45, 2.75) is 13.2 Å². The van der Waals surface area contributed by atoms with Gasteiger partial charge in [-0.3, -0.25) is 9.20 Å². The van der Waals surface area contributed by atoms with Crippen LogP contribution in [-0.4, -0.2) is 29.1 Å². The molecule has 0 radical (unpaired) electrons. The summed E-state index contributed by atoms with van der Waals surface area (Å²) in [4.78, 5) is 28.8. The number of thiazole rings is 1. The van der Waals surface area contributed by atoms with Gasteiger partial charge < -0.3 is 14.2 Å². The lowest BCUT2D eigenvalue weighted by atomic mass is 10.2. The number of halogens is 2. The van der Waals surface area contributed by atoms with Crippen LogP contribution >= 0.6 is 11.3 Å². The molecule has 0 fully saturated rings. The minimum atomic E-state index is -3.14. The number of hydrogen-bond acceptors (Lipinski definition) is 7. The minimum absolute atomic E-state index is 0.0314. The maximum Gasteiger partial charge on any atom is 0.387 e. The second-order valence-corrected chi connectivity index (χ2v) is 5.81. The number of carbonyl (C=O) groups excluding carboxylic acids is 1. The Morgan fingerprint density at radius 2 is 2.19 bits per heavy atom. The zero-order valence-corrected chi connectivity index (χ0v) is 14.2. The number of fused-ring (bicyclic) bond motifs is 1. The third kappa shape index (κ3) is 3.64. The number of carbonyl (C=O) groups is 1. The van der Waals surface area contributed by atoms with E-state index in [0.29, 0.717) is 4.96 Å². The summed E-state index contributed by atoms with van der Waals surface area (Å²) in [5.74, 6) is -1.36. The summed E-state index contributed by atoms with van der Waals surface area (Å²) in [6.07, 6.45) is 1.58. The molecule has 26 heavy (non-hydrogen) atoms. The zero-order chi connectivity index (χ0) is 18.7. The van der Waals surface area contributed by atoms with Crippen molar-refractivity contribution in [2.75, 3.05) is 7.11 Å². The highest BCUT2D eigenvalue weighted by Crippen LogP contribution is 2.33. The number of rotatable bonds is 6. The molecular formula is C16H12F2N2O5S. The van der Waals surface area contributed by atoms with Gasteiger partial charge in [0.25, 0.3) is 5.56 Å². The van der Waals surface area contributed by atoms with Crippen molar-refractivity contribution in [3.63, 3.8) is 0 Å². The predicted octanol–water partition coefficient (Wildman–Crippen LogP) is 2.72. The zero-order valence-electron chi connectivity index (χ0n) is 13.3. The Hall–Kier alpha value is -3.01. The Balaban J connectivity index is 1.82. The van der Waals surface area contributed by atoms with E-state index >= 15 is 0 Å². The molecule has 7 nitrogen and oxygen atoms in total. The fourth-order valence-corrected chi connectivity index (χ4v) is 2.97. The van der Waals surface area contributed by atoms with E-state index in [1.165, 1.54) is 47.1 Å². The van der Waals surface area contributed by atoms with Crippen LogP contribution in [0.15, 0.2) is 40.6 Å². The molecule has 3 aromatic rings. The van der Waals surface area contributed by atoms with Crippen molar-refractivity contribution in [1.82, 2.24) is 9.38 Å². The van der Waals surface area contributed by atoms with E-state index < -0.39 is 18.3 Å². The average molecular weight is 382 g/mol. The first kappa shape index (κ1) is 17.8. The molecule has 0 saturated heterocycles. The van der Waals surface area contributed by atoms with Crippen molar-refractivity contribution in [3.05, 3.63) is 57.5 Å². The summed E-state index contributed by atoms with van der Waals surface area (Å²) in [5, 5.41) is 1.70. The van der Waals surface area contributed by atoms with Crippen LogP contribution in [0.4, 0.5) is 8.78 Å². The number of hydrogen-bond donors (Lipinski definition) is 0. The Kier molecular flexibility index (Phi) is 5.12. The SMILES string of the molecule is COc1cccc(C(=O)OCc2cc(=O)n3ccsc3n2)c1OC(F)F. The first-order valence-corrected chi connectivity index (χ1v) is 8.12. The second-order valence-electron chi connectivity index (χ2n) is 4.93. The molecule has 0 aliphatic carbocycles. The van der Waals surface area contributed by atoms with E-state index in [0.717, 1.165) is 0 Å². The van der Waals surface area contributed by atoms with Gasteiger partial charge in [0, 0.05) is 17.6 Å². The van der Waals surface area contributed by atoms with Crippen molar-refractivity contribution in [3.8, 4) is 11.5 Å². The molecule has 0 amide bonds. The van der Waals surface area contributed by atoms with Crippen LogP contribution in [0.2, 0.25) is 0 Å². The van der Waals surface area contributed by atoms with E-state index in [1.807, 2.05) is 0 Å². The average Bonchev–Trinajstić information content (AvgIpc) is 3.08. The Morgan fingerprint density at radius 1 is 1.38 bits per heavy atom. The molecule has 0 aliphatic heterocycles. The normalized spacial score (nSPS) is 10.9. The maximum atomic E-state index is 12.6. The molecule has 2 aromatic heterocycles. The molecule has 0 bridgehead atoms. The Morgan fingerprint density at radius 3 is 2.92 bits per heavy atom. The van der Waals surface area contributed by atoms with Gasteiger partial charge in [0.05, 0.1) is 12.8 Å². The van der Waals surface area contributed by atoms with E-state index in [2.05, 4.69) is 9.72 Å². The molecule has 3 rings (SSSR count). The fraction of sp³-hybridized carbons (Fsp3) is 0.188. The minimum Gasteiger partial charge on any atom is -0.493 e. The van der Waals surface area contributed by atoms with Gasteiger partial charge >= 0.3 is 12.6 Å². The lowest BCUT2D eigenvalue weighted by molar-refractivity contribution is -0.0518. The highest BCUT2D eigenvalue weighted by atomic mass is 32.1. The van der Waals surface area contributed by atoms with Crippen molar-refractivity contribution in [2.24, 2.45) is 0 Å². The van der Waals surface area contributed by atoms with Gasteiger partial charge in [0.15, 0.2) is 16.5 Å². The van der Waals surface area contributed by atoms with E-state index in [9.17, 15) is 18.4 Å². The third-order valence-corrected chi connectivity index (χ3v) is 4.09. The summed E-state index contributed by atoms with van der Waals surface area (Å²) in [5.41, 5.74) is -0.297. The Labute approximate surface area is 149 Å². The molecule has 0 aliphatic rings. The molecule has 0 atom stereocenters. The standard InChI is InChI=1S/C16H12F2N2O5S/c1-23-11-4-2-3-10(13(11)25-15(17)18)14(22)24-8-9-7-12(21)20-5-6-26-16(20)19-9/h2-7,15H,8H2,1H3. The van der Waals surface area contributed by atoms with Crippen LogP contribution in [-0.2, 0) is 11.3 Å². The molecule has 0 unspecified atom stereocenters. The lowest BCUT2D eigenvalue weighted by Gasteiger charge is -2.13. The molecule has 0 N–H and O–H groups in total. The van der Waals surface area contributed by atoms with Gasteiger partial charge in [0.2, 0.25) is 0 Å². The second kappa shape index (κ2) is 7.48. The van der Waals surface area contributed by atoms with Crippen LogP contribution < -0.4 is 15.0 Å². The largest absolute Gasteiger partial charge is 0.493 e. The maximum absolute atomic E-state index is 12.6. The number of alkyl halides is 2. The van der Waals surface area contributed by atoms with Gasteiger partial charge in [-0.2, -0.15) is 8.78 Å². The third-order valence-electron chi connectivity index (χ3n) is 3.33.